The van der Waals surface area contributed by atoms with Gasteiger partial charge in [-0.25, -0.2) is 9.97 Å². The summed E-state index contributed by atoms with van der Waals surface area (Å²) < 4.78 is 5.35. The molecular formula is C24H27N7O3S. The number of amides is 1. The number of rotatable bonds is 8. The number of aromatic nitrogens is 3. The normalized spacial score (nSPS) is 18.1. The predicted molar refractivity (Wildman–Crippen MR) is 132 cm³/mol. The Morgan fingerprint density at radius 1 is 1.43 bits per heavy atom. The molecule has 3 aromatic heterocycles. The number of thiazole rings is 1. The molecule has 182 valence electrons. The molecule has 11 heteroatoms. The number of ether oxygens (including phenoxy) is 1. The Bertz CT molecular complexity index is 1210. The summed E-state index contributed by atoms with van der Waals surface area (Å²) in [6.07, 6.45) is 3.77. The lowest BCUT2D eigenvalue weighted by Crippen LogP contribution is -2.47. The molecule has 2 atom stereocenters. The van der Waals surface area contributed by atoms with Crippen LogP contribution in [0.3, 0.4) is 0 Å². The first-order valence-electron chi connectivity index (χ1n) is 11.4. The van der Waals surface area contributed by atoms with Crippen molar-refractivity contribution >= 4 is 22.9 Å². The van der Waals surface area contributed by atoms with Crippen LogP contribution in [0, 0.1) is 17.2 Å². The van der Waals surface area contributed by atoms with Gasteiger partial charge in [0.15, 0.2) is 0 Å². The fourth-order valence-electron chi connectivity index (χ4n) is 3.96. The Morgan fingerprint density at radius 3 is 3.00 bits per heavy atom. The zero-order valence-corrected chi connectivity index (χ0v) is 20.2. The minimum Gasteiger partial charge on any atom is -0.477 e. The number of aliphatic hydroxyl groups excluding tert-OH is 1. The average Bonchev–Trinajstić information content (AvgIpc) is 3.32. The van der Waals surface area contributed by atoms with E-state index in [1.165, 1.54) is 6.07 Å². The lowest BCUT2D eigenvalue weighted by Gasteiger charge is -2.35. The van der Waals surface area contributed by atoms with E-state index in [0.29, 0.717) is 26.2 Å². The van der Waals surface area contributed by atoms with Crippen LogP contribution in [-0.2, 0) is 6.54 Å². The number of nitrogens with two attached hydrogens (primary N) is 1. The summed E-state index contributed by atoms with van der Waals surface area (Å²) in [6, 6.07) is 9.06. The summed E-state index contributed by atoms with van der Waals surface area (Å²) >= 11 is 1.60. The zero-order valence-electron chi connectivity index (χ0n) is 19.3. The van der Waals surface area contributed by atoms with E-state index in [4.69, 9.17) is 10.5 Å². The molecule has 1 aliphatic rings. The maximum absolute atomic E-state index is 12.7. The molecule has 3 aromatic rings. The van der Waals surface area contributed by atoms with Gasteiger partial charge >= 0.3 is 0 Å². The van der Waals surface area contributed by atoms with Gasteiger partial charge in [-0.15, -0.1) is 11.3 Å². The number of hydrogen-bond donors (Lipinski definition) is 3. The van der Waals surface area contributed by atoms with Crippen LogP contribution in [0.25, 0.3) is 10.7 Å². The van der Waals surface area contributed by atoms with Gasteiger partial charge in [0.05, 0.1) is 24.1 Å². The van der Waals surface area contributed by atoms with Gasteiger partial charge in [0.25, 0.3) is 5.91 Å². The zero-order chi connectivity index (χ0) is 24.8. The van der Waals surface area contributed by atoms with Crippen molar-refractivity contribution in [2.45, 2.75) is 26.0 Å². The molecule has 4 rings (SSSR count). The summed E-state index contributed by atoms with van der Waals surface area (Å²) in [6.45, 7) is 4.37. The molecule has 4 heterocycles. The molecule has 1 fully saturated rings. The van der Waals surface area contributed by atoms with Crippen LogP contribution < -0.4 is 15.8 Å². The van der Waals surface area contributed by atoms with Crippen molar-refractivity contribution in [2.24, 2.45) is 5.92 Å². The van der Waals surface area contributed by atoms with Gasteiger partial charge in [0, 0.05) is 42.8 Å². The Hall–Kier alpha value is -3.59. The van der Waals surface area contributed by atoms with Crippen molar-refractivity contribution in [3.8, 4) is 22.7 Å². The number of nitrogens with zero attached hydrogens (tertiary/aromatic N) is 5. The second-order valence-electron chi connectivity index (χ2n) is 8.23. The third-order valence-electron chi connectivity index (χ3n) is 5.79. The third kappa shape index (κ3) is 5.92. The lowest BCUT2D eigenvalue weighted by atomic mass is 9.93. The van der Waals surface area contributed by atoms with E-state index < -0.39 is 12.0 Å². The smallest absolute Gasteiger partial charge is 0.270 e. The quantitative estimate of drug-likeness (QED) is 0.428. The van der Waals surface area contributed by atoms with Crippen LogP contribution >= 0.6 is 11.3 Å². The topological polar surface area (TPSA) is 150 Å². The molecule has 4 N–H and O–H groups in total. The van der Waals surface area contributed by atoms with E-state index >= 15 is 0 Å². The van der Waals surface area contributed by atoms with Crippen molar-refractivity contribution < 1.29 is 14.6 Å². The highest BCUT2D eigenvalue weighted by Crippen LogP contribution is 2.26. The number of carbonyl (C=O) groups excluding carboxylic acids is 1. The largest absolute Gasteiger partial charge is 0.477 e. The Balaban J connectivity index is 1.30. The number of nitrogen functional groups attached to an aromatic ring is 1. The first kappa shape index (κ1) is 24.5. The third-order valence-corrected chi connectivity index (χ3v) is 6.79. The van der Waals surface area contributed by atoms with E-state index in [0.717, 1.165) is 28.5 Å². The summed E-state index contributed by atoms with van der Waals surface area (Å²) in [5, 5.41) is 23.7. The van der Waals surface area contributed by atoms with Gasteiger partial charge < -0.3 is 20.9 Å². The van der Waals surface area contributed by atoms with Crippen molar-refractivity contribution in [2.75, 3.05) is 32.0 Å². The molecule has 0 aromatic carbocycles. The van der Waals surface area contributed by atoms with E-state index in [1.807, 2.05) is 30.5 Å². The lowest BCUT2D eigenvalue weighted by molar-refractivity contribution is 0.0193. The van der Waals surface area contributed by atoms with Crippen LogP contribution in [-0.4, -0.2) is 63.2 Å². The molecule has 35 heavy (non-hydrogen) atoms. The van der Waals surface area contributed by atoms with Crippen molar-refractivity contribution in [3.63, 3.8) is 0 Å². The maximum atomic E-state index is 12.7. The molecule has 0 saturated carbocycles. The van der Waals surface area contributed by atoms with Crippen molar-refractivity contribution in [1.82, 2.24) is 25.2 Å². The fraction of sp³-hybridized carbons (Fsp3) is 0.375. The number of piperidine rings is 1. The summed E-state index contributed by atoms with van der Waals surface area (Å²) in [7, 11) is 0. The standard InChI is InChI=1S/C24H27N7O3S/c1-2-34-23-17(10-25)18(26)9-20(30-23)22(33)28-11-15-6-8-31(14-21(15)32)13-16-12-29-24(35-16)19-5-3-4-7-27-19/h3-5,7,9,12,15,21,32H,2,6,8,11,13-14H2,1H3,(H2,26,30)(H,28,33)/t15-,21-/m0/s1. The molecule has 0 radical (unpaired) electrons. The Morgan fingerprint density at radius 2 is 2.29 bits per heavy atom. The maximum Gasteiger partial charge on any atom is 0.270 e. The highest BCUT2D eigenvalue weighted by molar-refractivity contribution is 7.14. The molecular weight excluding hydrogens is 466 g/mol. The number of β-amino-alcohol motifs (C(OH)–C–C–N with tert-alkyl or cyclic N) is 1. The van der Waals surface area contributed by atoms with Crippen molar-refractivity contribution in [1.29, 1.82) is 5.26 Å². The van der Waals surface area contributed by atoms with E-state index in [1.54, 1.807) is 24.5 Å². The molecule has 1 aliphatic heterocycles. The van der Waals surface area contributed by atoms with Gasteiger partial charge in [-0.1, -0.05) is 6.07 Å². The average molecular weight is 494 g/mol. The van der Waals surface area contributed by atoms with Crippen molar-refractivity contribution in [3.05, 3.63) is 52.8 Å². The number of aliphatic hydroxyl groups is 1. The number of nitriles is 1. The molecule has 10 nitrogen and oxygen atoms in total. The number of hydrogen-bond acceptors (Lipinski definition) is 10. The number of likely N-dealkylation sites (tertiary alicyclic amines) is 1. The van der Waals surface area contributed by atoms with E-state index in [2.05, 4.69) is 25.2 Å². The SMILES string of the molecule is CCOc1nc(C(=O)NC[C@@H]2CCN(Cc3cnc(-c4ccccn4)s3)C[C@@H]2O)cc(N)c1C#N. The number of anilines is 1. The molecule has 0 aliphatic carbocycles. The minimum atomic E-state index is -0.579. The highest BCUT2D eigenvalue weighted by atomic mass is 32.1. The van der Waals surface area contributed by atoms with Crippen LogP contribution in [0.15, 0.2) is 36.7 Å². The van der Waals surface area contributed by atoms with Gasteiger partial charge in [0.2, 0.25) is 5.88 Å². The molecule has 1 saturated heterocycles. The number of nitrogens with one attached hydrogen (secondary N) is 1. The molecule has 1 amide bonds. The predicted octanol–water partition coefficient (Wildman–Crippen LogP) is 2.07. The second kappa shape index (κ2) is 11.2. The van der Waals surface area contributed by atoms with Crippen LogP contribution in [0.4, 0.5) is 5.69 Å². The summed E-state index contributed by atoms with van der Waals surface area (Å²) in [4.78, 5) is 28.9. The van der Waals surface area contributed by atoms with Gasteiger partial charge in [-0.2, -0.15) is 5.26 Å². The number of pyridine rings is 2. The van der Waals surface area contributed by atoms with Crippen LogP contribution in [0.2, 0.25) is 0 Å². The fourth-order valence-corrected chi connectivity index (χ4v) is 4.89. The van der Waals surface area contributed by atoms with E-state index in [-0.39, 0.29) is 28.7 Å². The Labute approximate surface area is 207 Å². The van der Waals surface area contributed by atoms with Crippen LogP contribution in [0.5, 0.6) is 5.88 Å². The monoisotopic (exact) mass is 493 g/mol. The summed E-state index contributed by atoms with van der Waals surface area (Å²) in [5.74, 6) is -0.464. The first-order chi connectivity index (χ1) is 17.0. The highest BCUT2D eigenvalue weighted by Gasteiger charge is 2.29. The molecule has 0 unspecified atom stereocenters. The second-order valence-corrected chi connectivity index (χ2v) is 9.34. The van der Waals surface area contributed by atoms with E-state index in [9.17, 15) is 15.2 Å². The van der Waals surface area contributed by atoms with Gasteiger partial charge in [0.1, 0.15) is 22.3 Å². The minimum absolute atomic E-state index is 0.0442. The first-order valence-corrected chi connectivity index (χ1v) is 12.2. The molecule has 0 bridgehead atoms. The van der Waals surface area contributed by atoms with Crippen LogP contribution in [0.1, 0.15) is 34.3 Å². The Kier molecular flexibility index (Phi) is 7.87. The number of carbonyl (C=O) groups is 1. The van der Waals surface area contributed by atoms with Gasteiger partial charge in [-0.3, -0.25) is 14.7 Å². The van der Waals surface area contributed by atoms with Gasteiger partial charge in [-0.05, 0) is 38.1 Å². The summed E-state index contributed by atoms with van der Waals surface area (Å²) in [5.41, 5.74) is 7.07. The molecule has 0 spiro atoms.